The zero-order chi connectivity index (χ0) is 11.8. The van der Waals surface area contributed by atoms with E-state index < -0.39 is 0 Å². The minimum Gasteiger partial charge on any atom is -0.353 e. The van der Waals surface area contributed by atoms with Crippen molar-refractivity contribution in [3.05, 3.63) is 12.4 Å². The first kappa shape index (κ1) is 11.5. The van der Waals surface area contributed by atoms with E-state index in [1.165, 1.54) is 12.8 Å². The highest BCUT2D eigenvalue weighted by atomic mass is 15.2. The Hall–Kier alpha value is -0.990. The molecule has 0 aliphatic heterocycles. The molecule has 1 aromatic heterocycles. The Kier molecular flexibility index (Phi) is 2.96. The average Bonchev–Trinajstić information content (AvgIpc) is 2.87. The highest BCUT2D eigenvalue weighted by Gasteiger charge is 2.24. The van der Waals surface area contributed by atoms with Crippen LogP contribution in [0.15, 0.2) is 12.4 Å². The van der Waals surface area contributed by atoms with E-state index in [9.17, 15) is 0 Å². The van der Waals surface area contributed by atoms with Gasteiger partial charge < -0.3 is 9.88 Å². The van der Waals surface area contributed by atoms with Crippen molar-refractivity contribution in [2.24, 2.45) is 11.3 Å². The second kappa shape index (κ2) is 4.11. The Balaban J connectivity index is 2.00. The Morgan fingerprint density at radius 3 is 2.75 bits per heavy atom. The Labute approximate surface area is 98.3 Å². The summed E-state index contributed by atoms with van der Waals surface area (Å²) in [6.07, 6.45) is 6.55. The number of rotatable bonds is 4. The molecule has 1 aliphatic carbocycles. The van der Waals surface area contributed by atoms with Gasteiger partial charge in [0.25, 0.3) is 0 Å². The van der Waals surface area contributed by atoms with Gasteiger partial charge in [-0.2, -0.15) is 0 Å². The number of anilines is 1. The van der Waals surface area contributed by atoms with Crippen LogP contribution in [-0.2, 0) is 6.54 Å². The number of aromatic nitrogens is 2. The van der Waals surface area contributed by atoms with Gasteiger partial charge in [-0.3, -0.25) is 0 Å². The molecule has 0 radical (unpaired) electrons. The quantitative estimate of drug-likeness (QED) is 0.846. The van der Waals surface area contributed by atoms with Crippen LogP contribution in [0.4, 0.5) is 5.95 Å². The van der Waals surface area contributed by atoms with Crippen LogP contribution in [0.5, 0.6) is 0 Å². The number of hydrogen-bond acceptors (Lipinski definition) is 2. The molecule has 0 bridgehead atoms. The van der Waals surface area contributed by atoms with E-state index in [0.29, 0.717) is 17.4 Å². The molecule has 1 saturated carbocycles. The molecule has 1 aliphatic rings. The third-order valence-corrected chi connectivity index (χ3v) is 3.58. The molecule has 16 heavy (non-hydrogen) atoms. The molecule has 1 aromatic rings. The number of nitrogens with zero attached hydrogens (tertiary/aromatic N) is 2. The molecular formula is C13H23N3. The van der Waals surface area contributed by atoms with Gasteiger partial charge in [0.15, 0.2) is 0 Å². The zero-order valence-electron chi connectivity index (χ0n) is 10.8. The summed E-state index contributed by atoms with van der Waals surface area (Å²) in [6.45, 7) is 10.2. The van der Waals surface area contributed by atoms with Crippen molar-refractivity contribution in [2.75, 3.05) is 5.32 Å². The molecule has 1 unspecified atom stereocenters. The number of imidazole rings is 1. The predicted molar refractivity (Wildman–Crippen MR) is 67.5 cm³/mol. The van der Waals surface area contributed by atoms with Crippen LogP contribution >= 0.6 is 0 Å². The van der Waals surface area contributed by atoms with Gasteiger partial charge in [-0.05, 0) is 24.2 Å². The maximum atomic E-state index is 4.38. The lowest BCUT2D eigenvalue weighted by atomic mass is 9.82. The minimum absolute atomic E-state index is 0.348. The predicted octanol–water partition coefficient (Wildman–Crippen LogP) is 3.14. The number of hydrogen-bond donors (Lipinski definition) is 1. The van der Waals surface area contributed by atoms with Crippen LogP contribution in [0.3, 0.4) is 0 Å². The lowest BCUT2D eigenvalue weighted by Gasteiger charge is -2.28. The first-order chi connectivity index (χ1) is 7.47. The first-order valence-electron chi connectivity index (χ1n) is 6.24. The molecule has 0 spiro atoms. The number of nitrogens with one attached hydrogen (secondary N) is 1. The second-order valence-electron chi connectivity index (χ2n) is 6.09. The molecule has 0 amide bonds. The van der Waals surface area contributed by atoms with Crippen molar-refractivity contribution in [3.8, 4) is 0 Å². The monoisotopic (exact) mass is 221 g/mol. The average molecular weight is 221 g/mol. The van der Waals surface area contributed by atoms with Gasteiger partial charge in [0.2, 0.25) is 5.95 Å². The summed E-state index contributed by atoms with van der Waals surface area (Å²) in [5.74, 6) is 1.68. The maximum absolute atomic E-state index is 4.38. The second-order valence-corrected chi connectivity index (χ2v) is 6.09. The van der Waals surface area contributed by atoms with E-state index in [0.717, 1.165) is 12.5 Å². The van der Waals surface area contributed by atoms with Crippen molar-refractivity contribution in [1.82, 2.24) is 9.55 Å². The van der Waals surface area contributed by atoms with Crippen LogP contribution in [0.25, 0.3) is 0 Å². The van der Waals surface area contributed by atoms with E-state index >= 15 is 0 Å². The topological polar surface area (TPSA) is 29.9 Å². The fourth-order valence-corrected chi connectivity index (χ4v) is 1.58. The van der Waals surface area contributed by atoms with Gasteiger partial charge in [-0.25, -0.2) is 4.98 Å². The molecule has 1 heterocycles. The van der Waals surface area contributed by atoms with Gasteiger partial charge in [0.1, 0.15) is 0 Å². The largest absolute Gasteiger partial charge is 0.353 e. The highest BCUT2D eigenvalue weighted by Crippen LogP contribution is 2.28. The maximum Gasteiger partial charge on any atom is 0.202 e. The summed E-state index contributed by atoms with van der Waals surface area (Å²) in [5.41, 5.74) is 0.348. The van der Waals surface area contributed by atoms with E-state index in [1.807, 2.05) is 6.20 Å². The van der Waals surface area contributed by atoms with Crippen molar-refractivity contribution in [3.63, 3.8) is 0 Å². The molecule has 0 aromatic carbocycles. The summed E-state index contributed by atoms with van der Waals surface area (Å²) in [6, 6.07) is 0.672. The van der Waals surface area contributed by atoms with Gasteiger partial charge in [0, 0.05) is 25.0 Å². The van der Waals surface area contributed by atoms with E-state index in [1.54, 1.807) is 0 Å². The van der Waals surface area contributed by atoms with Gasteiger partial charge in [-0.15, -0.1) is 0 Å². The lowest BCUT2D eigenvalue weighted by molar-refractivity contribution is 0.233. The van der Waals surface area contributed by atoms with Crippen LogP contribution < -0.4 is 5.32 Å². The molecular weight excluding hydrogens is 198 g/mol. The molecule has 1 N–H and O–H groups in total. The molecule has 2 rings (SSSR count). The molecule has 1 atom stereocenters. The summed E-state index contributed by atoms with van der Waals surface area (Å²) in [7, 11) is 0. The Bertz CT molecular complexity index is 344. The van der Waals surface area contributed by atoms with E-state index in [2.05, 4.69) is 48.8 Å². The molecule has 0 saturated heterocycles. The third-order valence-electron chi connectivity index (χ3n) is 3.58. The SMILES string of the molecule is CC(Cn1ccnc1NC1CC1)C(C)(C)C. The zero-order valence-corrected chi connectivity index (χ0v) is 10.8. The van der Waals surface area contributed by atoms with E-state index in [4.69, 9.17) is 0 Å². The minimum atomic E-state index is 0.348. The van der Waals surface area contributed by atoms with Crippen molar-refractivity contribution in [2.45, 2.75) is 53.1 Å². The molecule has 90 valence electrons. The smallest absolute Gasteiger partial charge is 0.202 e. The standard InChI is InChI=1S/C13H23N3/c1-10(13(2,3)4)9-16-8-7-14-12(16)15-11-5-6-11/h7-8,10-11H,5-6,9H2,1-4H3,(H,14,15). The highest BCUT2D eigenvalue weighted by molar-refractivity contribution is 5.29. The third kappa shape index (κ3) is 2.77. The summed E-state index contributed by atoms with van der Waals surface area (Å²) in [5, 5.41) is 3.47. The fourth-order valence-electron chi connectivity index (χ4n) is 1.58. The molecule has 3 heteroatoms. The molecule has 3 nitrogen and oxygen atoms in total. The summed E-state index contributed by atoms with van der Waals surface area (Å²) < 4.78 is 2.24. The van der Waals surface area contributed by atoms with Crippen molar-refractivity contribution >= 4 is 5.95 Å². The Morgan fingerprint density at radius 1 is 1.50 bits per heavy atom. The molecule has 1 fully saturated rings. The van der Waals surface area contributed by atoms with Crippen LogP contribution in [0.2, 0.25) is 0 Å². The summed E-state index contributed by atoms with van der Waals surface area (Å²) >= 11 is 0. The van der Waals surface area contributed by atoms with Crippen LogP contribution in [-0.4, -0.2) is 15.6 Å². The van der Waals surface area contributed by atoms with E-state index in [-0.39, 0.29) is 0 Å². The first-order valence-corrected chi connectivity index (χ1v) is 6.24. The van der Waals surface area contributed by atoms with Gasteiger partial charge >= 0.3 is 0 Å². The normalized spacial score (nSPS) is 18.5. The van der Waals surface area contributed by atoms with Gasteiger partial charge in [0.05, 0.1) is 0 Å². The van der Waals surface area contributed by atoms with Crippen LogP contribution in [0, 0.1) is 11.3 Å². The van der Waals surface area contributed by atoms with Gasteiger partial charge in [-0.1, -0.05) is 27.7 Å². The Morgan fingerprint density at radius 2 is 2.19 bits per heavy atom. The fraction of sp³-hybridized carbons (Fsp3) is 0.769. The lowest BCUT2D eigenvalue weighted by Crippen LogP contribution is -2.23. The summed E-state index contributed by atoms with van der Waals surface area (Å²) in [4.78, 5) is 4.38. The van der Waals surface area contributed by atoms with Crippen molar-refractivity contribution in [1.29, 1.82) is 0 Å². The van der Waals surface area contributed by atoms with Crippen molar-refractivity contribution < 1.29 is 0 Å². The van der Waals surface area contributed by atoms with Crippen LogP contribution in [0.1, 0.15) is 40.5 Å².